The van der Waals surface area contributed by atoms with Crippen LogP contribution in [-0.4, -0.2) is 35.7 Å². The zero-order valence-corrected chi connectivity index (χ0v) is 12.7. The van der Waals surface area contributed by atoms with Gasteiger partial charge in [-0.1, -0.05) is 6.07 Å². The maximum atomic E-state index is 5.13. The van der Waals surface area contributed by atoms with Crippen molar-refractivity contribution in [1.82, 2.24) is 15.0 Å². The van der Waals surface area contributed by atoms with Crippen molar-refractivity contribution in [2.24, 2.45) is 0 Å². The van der Waals surface area contributed by atoms with Crippen LogP contribution in [0.15, 0.2) is 30.5 Å². The first-order valence-electron chi connectivity index (χ1n) is 6.94. The van der Waals surface area contributed by atoms with Crippen LogP contribution < -0.4 is 10.2 Å². The quantitative estimate of drug-likeness (QED) is 0.841. The zero-order chi connectivity index (χ0) is 15.1. The van der Waals surface area contributed by atoms with Crippen LogP contribution in [0.3, 0.4) is 0 Å². The van der Waals surface area contributed by atoms with Crippen molar-refractivity contribution in [3.05, 3.63) is 42.0 Å². The Morgan fingerprint density at radius 2 is 2.14 bits per heavy atom. The number of anilines is 2. The molecule has 0 amide bonds. The van der Waals surface area contributed by atoms with E-state index in [2.05, 4.69) is 20.3 Å². The number of pyridine rings is 1. The molecule has 0 saturated heterocycles. The van der Waals surface area contributed by atoms with Crippen molar-refractivity contribution in [2.45, 2.75) is 20.1 Å². The van der Waals surface area contributed by atoms with Crippen molar-refractivity contribution < 1.29 is 4.74 Å². The van der Waals surface area contributed by atoms with E-state index in [0.29, 0.717) is 19.0 Å². The Hall–Kier alpha value is -2.21. The van der Waals surface area contributed by atoms with E-state index in [-0.39, 0.29) is 0 Å². The maximum Gasteiger partial charge on any atom is 0.158 e. The maximum absolute atomic E-state index is 5.13. The molecule has 0 radical (unpaired) electrons. The van der Waals surface area contributed by atoms with E-state index in [1.165, 1.54) is 0 Å². The molecular formula is C15H21N5O. The van der Waals surface area contributed by atoms with E-state index in [0.717, 1.165) is 23.9 Å². The van der Waals surface area contributed by atoms with Gasteiger partial charge >= 0.3 is 0 Å². The molecule has 1 N–H and O–H groups in total. The Kier molecular flexibility index (Phi) is 5.45. The monoisotopic (exact) mass is 287 g/mol. The molecule has 21 heavy (non-hydrogen) atoms. The van der Waals surface area contributed by atoms with Gasteiger partial charge in [-0.05, 0) is 19.1 Å². The smallest absolute Gasteiger partial charge is 0.158 e. The molecule has 112 valence electrons. The summed E-state index contributed by atoms with van der Waals surface area (Å²) >= 11 is 0. The topological polar surface area (TPSA) is 63.2 Å². The third-order valence-corrected chi connectivity index (χ3v) is 2.91. The Morgan fingerprint density at radius 3 is 2.81 bits per heavy atom. The largest absolute Gasteiger partial charge is 0.377 e. The second kappa shape index (κ2) is 7.54. The number of hydrogen-bond acceptors (Lipinski definition) is 6. The van der Waals surface area contributed by atoms with E-state index >= 15 is 0 Å². The van der Waals surface area contributed by atoms with Gasteiger partial charge in [0.1, 0.15) is 18.2 Å². The first-order chi connectivity index (χ1) is 10.2. The average Bonchev–Trinajstić information content (AvgIpc) is 2.49. The standard InChI is InChI=1S/C15H21N5O/c1-4-16-13-9-15(19-14(18-13)11-21-3)20(2)10-12-7-5-6-8-17-12/h5-9H,4,10-11H2,1-3H3,(H,16,18,19). The van der Waals surface area contributed by atoms with Gasteiger partial charge in [-0.3, -0.25) is 4.98 Å². The molecule has 0 aromatic carbocycles. The molecule has 2 aromatic heterocycles. The molecule has 6 heteroatoms. The molecule has 0 saturated carbocycles. The minimum absolute atomic E-state index is 0.393. The lowest BCUT2D eigenvalue weighted by Crippen LogP contribution is -2.20. The first kappa shape index (κ1) is 15.2. The number of nitrogens with zero attached hydrogens (tertiary/aromatic N) is 4. The first-order valence-corrected chi connectivity index (χ1v) is 6.94. The number of hydrogen-bond donors (Lipinski definition) is 1. The number of ether oxygens (including phenoxy) is 1. The fraction of sp³-hybridized carbons (Fsp3) is 0.400. The molecule has 0 aliphatic rings. The Morgan fingerprint density at radius 1 is 1.29 bits per heavy atom. The summed E-state index contributed by atoms with van der Waals surface area (Å²) in [5, 5.41) is 3.22. The second-order valence-electron chi connectivity index (χ2n) is 4.67. The van der Waals surface area contributed by atoms with Gasteiger partial charge in [-0.25, -0.2) is 9.97 Å². The van der Waals surface area contributed by atoms with Crippen LogP contribution in [-0.2, 0) is 17.9 Å². The lowest BCUT2D eigenvalue weighted by molar-refractivity contribution is 0.178. The molecule has 6 nitrogen and oxygen atoms in total. The fourth-order valence-corrected chi connectivity index (χ4v) is 1.96. The molecule has 0 spiro atoms. The summed E-state index contributed by atoms with van der Waals surface area (Å²) in [6, 6.07) is 7.83. The summed E-state index contributed by atoms with van der Waals surface area (Å²) in [7, 11) is 3.63. The molecule has 0 unspecified atom stereocenters. The van der Waals surface area contributed by atoms with Crippen LogP contribution in [0.5, 0.6) is 0 Å². The van der Waals surface area contributed by atoms with Gasteiger partial charge in [-0.2, -0.15) is 0 Å². The van der Waals surface area contributed by atoms with Gasteiger partial charge < -0.3 is 15.0 Å². The highest BCUT2D eigenvalue weighted by Crippen LogP contribution is 2.17. The highest BCUT2D eigenvalue weighted by Gasteiger charge is 2.09. The highest BCUT2D eigenvalue weighted by molar-refractivity contribution is 5.49. The number of methoxy groups -OCH3 is 1. The van der Waals surface area contributed by atoms with Crippen molar-refractivity contribution in [3.8, 4) is 0 Å². The third kappa shape index (κ3) is 4.39. The Balaban J connectivity index is 2.20. The molecule has 0 aliphatic heterocycles. The van der Waals surface area contributed by atoms with Crippen molar-refractivity contribution in [1.29, 1.82) is 0 Å². The summed E-state index contributed by atoms with van der Waals surface area (Å²) in [6.45, 7) is 3.93. The Labute approximate surface area is 125 Å². The SMILES string of the molecule is CCNc1cc(N(C)Cc2ccccn2)nc(COC)n1. The van der Waals surface area contributed by atoms with E-state index in [9.17, 15) is 0 Å². The summed E-state index contributed by atoms with van der Waals surface area (Å²) in [6.07, 6.45) is 1.80. The van der Waals surface area contributed by atoms with Gasteiger partial charge in [0.15, 0.2) is 5.82 Å². The lowest BCUT2D eigenvalue weighted by Gasteiger charge is -2.19. The van der Waals surface area contributed by atoms with Crippen LogP contribution in [0.2, 0.25) is 0 Å². The molecule has 0 fully saturated rings. The van der Waals surface area contributed by atoms with Crippen LogP contribution in [0, 0.1) is 0 Å². The molecule has 0 atom stereocenters. The predicted octanol–water partition coefficient (Wildman–Crippen LogP) is 2.09. The Bertz CT molecular complexity index is 537. The van der Waals surface area contributed by atoms with Crippen LogP contribution in [0.1, 0.15) is 18.4 Å². The molecule has 2 rings (SSSR count). The van der Waals surface area contributed by atoms with E-state index < -0.39 is 0 Å². The van der Waals surface area contributed by atoms with E-state index in [1.54, 1.807) is 13.3 Å². The van der Waals surface area contributed by atoms with Crippen molar-refractivity contribution >= 4 is 11.6 Å². The summed E-state index contributed by atoms with van der Waals surface area (Å²) in [5.41, 5.74) is 0.997. The van der Waals surface area contributed by atoms with Crippen LogP contribution in [0.25, 0.3) is 0 Å². The third-order valence-electron chi connectivity index (χ3n) is 2.91. The molecule has 0 aliphatic carbocycles. The van der Waals surface area contributed by atoms with E-state index in [1.807, 2.05) is 43.1 Å². The number of rotatable bonds is 7. The summed E-state index contributed by atoms with van der Waals surface area (Å²) in [5.74, 6) is 2.32. The van der Waals surface area contributed by atoms with Gasteiger partial charge in [0.05, 0.1) is 12.2 Å². The van der Waals surface area contributed by atoms with Gasteiger partial charge in [-0.15, -0.1) is 0 Å². The lowest BCUT2D eigenvalue weighted by atomic mass is 10.3. The highest BCUT2D eigenvalue weighted by atomic mass is 16.5. The van der Waals surface area contributed by atoms with Crippen LogP contribution >= 0.6 is 0 Å². The van der Waals surface area contributed by atoms with Gasteiger partial charge in [0.2, 0.25) is 0 Å². The molecular weight excluding hydrogens is 266 g/mol. The summed E-state index contributed by atoms with van der Waals surface area (Å²) < 4.78 is 5.13. The van der Waals surface area contributed by atoms with Crippen molar-refractivity contribution in [2.75, 3.05) is 30.9 Å². The average molecular weight is 287 g/mol. The minimum atomic E-state index is 0.393. The van der Waals surface area contributed by atoms with Gasteiger partial charge in [0, 0.05) is 33.0 Å². The molecule has 2 aromatic rings. The fourth-order valence-electron chi connectivity index (χ4n) is 1.96. The van der Waals surface area contributed by atoms with Gasteiger partial charge in [0.25, 0.3) is 0 Å². The predicted molar refractivity (Wildman–Crippen MR) is 83.3 cm³/mol. The van der Waals surface area contributed by atoms with Crippen molar-refractivity contribution in [3.63, 3.8) is 0 Å². The zero-order valence-electron chi connectivity index (χ0n) is 12.7. The van der Waals surface area contributed by atoms with E-state index in [4.69, 9.17) is 4.74 Å². The summed E-state index contributed by atoms with van der Waals surface area (Å²) in [4.78, 5) is 15.3. The number of aromatic nitrogens is 3. The minimum Gasteiger partial charge on any atom is -0.377 e. The number of nitrogens with one attached hydrogen (secondary N) is 1. The normalized spacial score (nSPS) is 10.4. The molecule has 0 bridgehead atoms. The van der Waals surface area contributed by atoms with Crippen LogP contribution in [0.4, 0.5) is 11.6 Å². The second-order valence-corrected chi connectivity index (χ2v) is 4.67. The molecule has 2 heterocycles.